The molecular formula is C75H118O6. The summed E-state index contributed by atoms with van der Waals surface area (Å²) in [6.07, 6.45) is 99.5. The van der Waals surface area contributed by atoms with E-state index in [1.54, 1.807) is 0 Å². The Balaban J connectivity index is 4.36. The summed E-state index contributed by atoms with van der Waals surface area (Å²) < 4.78 is 16.8. The van der Waals surface area contributed by atoms with E-state index in [4.69, 9.17) is 14.2 Å². The second-order valence-electron chi connectivity index (χ2n) is 20.9. The predicted molar refractivity (Wildman–Crippen MR) is 352 cm³/mol. The first-order valence-corrected chi connectivity index (χ1v) is 32.6. The van der Waals surface area contributed by atoms with Crippen LogP contribution in [-0.2, 0) is 28.6 Å². The number of carbonyl (C=O) groups excluding carboxylic acids is 3. The smallest absolute Gasteiger partial charge is 0.306 e. The van der Waals surface area contributed by atoms with Gasteiger partial charge in [-0.2, -0.15) is 0 Å². The summed E-state index contributed by atoms with van der Waals surface area (Å²) in [4.78, 5) is 38.2. The lowest BCUT2D eigenvalue weighted by Gasteiger charge is -2.18. The van der Waals surface area contributed by atoms with Gasteiger partial charge in [0.05, 0.1) is 0 Å². The highest BCUT2D eigenvalue weighted by molar-refractivity contribution is 5.71. The molecule has 0 saturated carbocycles. The van der Waals surface area contributed by atoms with Gasteiger partial charge in [-0.15, -0.1) is 0 Å². The van der Waals surface area contributed by atoms with Gasteiger partial charge in [0, 0.05) is 19.3 Å². The topological polar surface area (TPSA) is 78.9 Å². The van der Waals surface area contributed by atoms with Crippen molar-refractivity contribution in [2.75, 3.05) is 13.2 Å². The Bertz CT molecular complexity index is 1860. The summed E-state index contributed by atoms with van der Waals surface area (Å²) in [5, 5.41) is 0. The maximum absolute atomic E-state index is 12.9. The monoisotopic (exact) mass is 1110 g/mol. The molecule has 0 amide bonds. The quantitative estimate of drug-likeness (QED) is 0.0261. The second kappa shape index (κ2) is 67.3. The van der Waals surface area contributed by atoms with Crippen molar-refractivity contribution in [1.29, 1.82) is 0 Å². The van der Waals surface area contributed by atoms with Crippen molar-refractivity contribution >= 4 is 17.9 Å². The maximum atomic E-state index is 12.9. The molecule has 0 N–H and O–H groups in total. The molecule has 0 bridgehead atoms. The third-order valence-corrected chi connectivity index (χ3v) is 13.2. The third kappa shape index (κ3) is 65.5. The van der Waals surface area contributed by atoms with E-state index >= 15 is 0 Å². The Kier molecular flexibility index (Phi) is 62.9. The molecule has 0 fully saturated rings. The van der Waals surface area contributed by atoms with Gasteiger partial charge in [-0.25, -0.2) is 0 Å². The number of rotatable bonds is 57. The summed E-state index contributed by atoms with van der Waals surface area (Å²) in [5.41, 5.74) is 0. The first kappa shape index (κ1) is 75.8. The van der Waals surface area contributed by atoms with Crippen LogP contribution in [0.4, 0.5) is 0 Å². The van der Waals surface area contributed by atoms with Crippen LogP contribution in [-0.4, -0.2) is 37.2 Å². The SMILES string of the molecule is CC/C=C\C/C=C\C/C=C\C/C=C\C/C=C\C/C=C\C/C=C\C/C=C\C/C=C\C/C=C\CCCCCCC(=O)OCC(COC(=O)CC/C=C\C/C=C\C/C=C\C/C=C\CC)OC(=O)CCCCCCCCCCCCCCCCC. The van der Waals surface area contributed by atoms with Gasteiger partial charge in [0.2, 0.25) is 0 Å². The summed E-state index contributed by atoms with van der Waals surface area (Å²) in [5.74, 6) is -1.03. The molecule has 0 saturated heterocycles. The van der Waals surface area contributed by atoms with Crippen molar-refractivity contribution in [3.63, 3.8) is 0 Å². The van der Waals surface area contributed by atoms with E-state index in [2.05, 4.69) is 179 Å². The number of hydrogen-bond acceptors (Lipinski definition) is 6. The fraction of sp³-hybridized carbons (Fsp3) is 0.587. The molecule has 1 atom stereocenters. The lowest BCUT2D eigenvalue weighted by molar-refractivity contribution is -0.166. The highest BCUT2D eigenvalue weighted by atomic mass is 16.6. The van der Waals surface area contributed by atoms with Crippen LogP contribution in [0.5, 0.6) is 0 Å². The Labute approximate surface area is 498 Å². The normalized spacial score (nSPS) is 13.3. The van der Waals surface area contributed by atoms with E-state index in [1.807, 2.05) is 12.2 Å². The van der Waals surface area contributed by atoms with Crippen LogP contribution in [0.3, 0.4) is 0 Å². The molecule has 0 heterocycles. The number of carbonyl (C=O) groups is 3. The molecular weight excluding hydrogens is 997 g/mol. The van der Waals surface area contributed by atoms with Crippen LogP contribution in [0.1, 0.15) is 265 Å². The zero-order valence-electron chi connectivity index (χ0n) is 52.0. The van der Waals surface area contributed by atoms with E-state index in [0.29, 0.717) is 19.3 Å². The molecule has 0 aromatic carbocycles. The molecule has 1 unspecified atom stereocenters. The minimum atomic E-state index is -0.824. The molecule has 0 aromatic heterocycles. The van der Waals surface area contributed by atoms with Crippen LogP contribution in [0.2, 0.25) is 0 Å². The first-order chi connectivity index (χ1) is 40.0. The van der Waals surface area contributed by atoms with Gasteiger partial charge in [-0.3, -0.25) is 14.4 Å². The molecule has 0 aromatic rings. The number of hydrogen-bond donors (Lipinski definition) is 0. The van der Waals surface area contributed by atoms with E-state index in [9.17, 15) is 14.4 Å². The highest BCUT2D eigenvalue weighted by Gasteiger charge is 2.19. The third-order valence-electron chi connectivity index (χ3n) is 13.2. The largest absolute Gasteiger partial charge is 0.462 e. The first-order valence-electron chi connectivity index (χ1n) is 32.6. The second-order valence-corrected chi connectivity index (χ2v) is 20.9. The van der Waals surface area contributed by atoms with E-state index in [1.165, 1.54) is 77.0 Å². The Morgan fingerprint density at radius 3 is 0.827 bits per heavy atom. The molecule has 6 heteroatoms. The Hall–Kier alpha value is -5.23. The van der Waals surface area contributed by atoms with Gasteiger partial charge < -0.3 is 14.2 Å². The zero-order valence-corrected chi connectivity index (χ0v) is 52.0. The number of ether oxygens (including phenoxy) is 3. The maximum Gasteiger partial charge on any atom is 0.306 e. The average Bonchev–Trinajstić information content (AvgIpc) is 3.46. The number of esters is 3. The summed E-state index contributed by atoms with van der Waals surface area (Å²) in [7, 11) is 0. The van der Waals surface area contributed by atoms with Crippen molar-refractivity contribution in [1.82, 2.24) is 0 Å². The molecule has 81 heavy (non-hydrogen) atoms. The van der Waals surface area contributed by atoms with Crippen LogP contribution in [0.25, 0.3) is 0 Å². The van der Waals surface area contributed by atoms with Crippen molar-refractivity contribution in [2.24, 2.45) is 0 Å². The molecule has 0 aliphatic heterocycles. The molecule has 454 valence electrons. The summed E-state index contributed by atoms with van der Waals surface area (Å²) >= 11 is 0. The number of unbranched alkanes of at least 4 members (excludes halogenated alkanes) is 18. The Morgan fingerprint density at radius 2 is 0.506 bits per heavy atom. The molecule has 0 aliphatic rings. The van der Waals surface area contributed by atoms with Gasteiger partial charge in [0.1, 0.15) is 13.2 Å². The lowest BCUT2D eigenvalue weighted by Crippen LogP contribution is -2.30. The van der Waals surface area contributed by atoms with Crippen molar-refractivity contribution in [3.8, 4) is 0 Å². The van der Waals surface area contributed by atoms with Gasteiger partial charge in [0.15, 0.2) is 6.10 Å². The highest BCUT2D eigenvalue weighted by Crippen LogP contribution is 2.15. The van der Waals surface area contributed by atoms with Crippen molar-refractivity contribution < 1.29 is 28.6 Å². The molecule has 0 radical (unpaired) electrons. The standard InChI is InChI=1S/C75H118O6/c1-4-7-10-13-16-19-22-25-27-28-29-30-31-32-33-34-35-36-37-38-39-40-41-42-43-44-45-46-48-50-53-56-59-62-65-68-74(77)80-71-72(70-79-73(76)67-64-61-58-55-52-49-24-21-18-15-12-9-6-3)81-75(78)69-66-63-60-57-54-51-47-26-23-20-17-14-11-8-5-2/h7,9-10,12,16,18-19,21,25,27,29-30,32-33,35-36,38-39,41-42,44-45,48-50,52,58,61,72H,4-6,8,11,13-15,17,20,22-24,26,28,31,34,37,40,43,46-47,51,53-57,59-60,62-71H2,1-3H3/b10-7-,12-9-,19-16-,21-18-,27-25-,30-29-,33-32-,36-35-,39-38-,42-41-,45-44-,50-48-,52-49-,61-58-. The van der Waals surface area contributed by atoms with Crippen LogP contribution in [0.15, 0.2) is 170 Å². The Morgan fingerprint density at radius 1 is 0.259 bits per heavy atom. The van der Waals surface area contributed by atoms with Crippen LogP contribution >= 0.6 is 0 Å². The van der Waals surface area contributed by atoms with E-state index in [0.717, 1.165) is 141 Å². The van der Waals surface area contributed by atoms with Gasteiger partial charge in [-0.1, -0.05) is 294 Å². The molecule has 0 rings (SSSR count). The van der Waals surface area contributed by atoms with E-state index < -0.39 is 6.10 Å². The number of allylic oxidation sites excluding steroid dienone is 28. The van der Waals surface area contributed by atoms with Gasteiger partial charge in [0.25, 0.3) is 0 Å². The minimum absolute atomic E-state index is 0.118. The van der Waals surface area contributed by atoms with Gasteiger partial charge >= 0.3 is 17.9 Å². The summed E-state index contributed by atoms with van der Waals surface area (Å²) in [6.45, 7) is 6.32. The van der Waals surface area contributed by atoms with Gasteiger partial charge in [-0.05, 0) is 122 Å². The predicted octanol–water partition coefficient (Wildman–Crippen LogP) is 22.7. The molecule has 0 spiro atoms. The fourth-order valence-corrected chi connectivity index (χ4v) is 8.43. The summed E-state index contributed by atoms with van der Waals surface area (Å²) in [6, 6.07) is 0. The van der Waals surface area contributed by atoms with Crippen molar-refractivity contribution in [2.45, 2.75) is 271 Å². The van der Waals surface area contributed by atoms with Crippen LogP contribution < -0.4 is 0 Å². The minimum Gasteiger partial charge on any atom is -0.462 e. The van der Waals surface area contributed by atoms with E-state index in [-0.39, 0.29) is 37.5 Å². The molecule has 0 aliphatic carbocycles. The van der Waals surface area contributed by atoms with Crippen LogP contribution in [0, 0.1) is 0 Å². The molecule has 6 nitrogen and oxygen atoms in total. The lowest BCUT2D eigenvalue weighted by atomic mass is 10.0. The zero-order chi connectivity index (χ0) is 58.5. The van der Waals surface area contributed by atoms with Crippen molar-refractivity contribution in [3.05, 3.63) is 170 Å². The average molecular weight is 1120 g/mol. The fourth-order valence-electron chi connectivity index (χ4n) is 8.43.